The third kappa shape index (κ3) is 3.85. The number of guanidine groups is 1. The Hall–Kier alpha value is -2.48. The van der Waals surface area contributed by atoms with E-state index in [1.165, 1.54) is 0 Å². The minimum Gasteiger partial charge on any atom is -0.349 e. The van der Waals surface area contributed by atoms with Crippen LogP contribution in [0.3, 0.4) is 0 Å². The summed E-state index contributed by atoms with van der Waals surface area (Å²) in [5, 5.41) is 2.84. The zero-order valence-electron chi connectivity index (χ0n) is 15.6. The van der Waals surface area contributed by atoms with Crippen molar-refractivity contribution in [2.45, 2.75) is 24.9 Å². The van der Waals surface area contributed by atoms with Crippen LogP contribution in [0.25, 0.3) is 0 Å². The second-order valence-corrected chi connectivity index (χ2v) is 7.22. The molecular weight excluding hydrogens is 332 g/mol. The fourth-order valence-corrected chi connectivity index (χ4v) is 3.36. The van der Waals surface area contributed by atoms with Crippen LogP contribution in [0.1, 0.15) is 18.4 Å². The van der Waals surface area contributed by atoms with Crippen molar-refractivity contribution in [2.24, 2.45) is 4.99 Å². The van der Waals surface area contributed by atoms with Gasteiger partial charge in [0.2, 0.25) is 11.9 Å². The number of rotatable bonds is 4. The van der Waals surface area contributed by atoms with Crippen molar-refractivity contribution in [3.8, 4) is 0 Å². The minimum absolute atomic E-state index is 0.0527. The molecule has 0 aromatic carbocycles. The van der Waals surface area contributed by atoms with Crippen LogP contribution in [0, 0.1) is 0 Å². The predicted octanol–water partition coefficient (Wildman–Crippen LogP) is -0.0780. The number of hydrogen-bond acceptors (Lipinski definition) is 6. The average molecular weight is 358 g/mol. The number of carbonyl (C=O) groups is 2. The number of nitrogens with zero attached hydrogens (tertiary/aromatic N) is 5. The van der Waals surface area contributed by atoms with E-state index in [9.17, 15) is 9.59 Å². The summed E-state index contributed by atoms with van der Waals surface area (Å²) in [6, 6.07) is 3.90. The summed E-state index contributed by atoms with van der Waals surface area (Å²) in [5.74, 6) is 0.640. The highest BCUT2D eigenvalue weighted by molar-refractivity contribution is 6.07. The molecule has 1 aromatic rings. The van der Waals surface area contributed by atoms with Crippen molar-refractivity contribution in [2.75, 3.05) is 40.8 Å². The Morgan fingerprint density at radius 1 is 1.23 bits per heavy atom. The molecule has 8 nitrogen and oxygen atoms in total. The zero-order chi connectivity index (χ0) is 18.7. The van der Waals surface area contributed by atoms with Crippen molar-refractivity contribution in [3.05, 3.63) is 30.1 Å². The third-order valence-electron chi connectivity index (χ3n) is 4.94. The first-order valence-electron chi connectivity index (χ1n) is 8.83. The summed E-state index contributed by atoms with van der Waals surface area (Å²) < 4.78 is 0. The van der Waals surface area contributed by atoms with Gasteiger partial charge in [-0.3, -0.25) is 24.8 Å². The molecule has 140 valence electrons. The van der Waals surface area contributed by atoms with Gasteiger partial charge in [-0.2, -0.15) is 0 Å². The lowest BCUT2D eigenvalue weighted by molar-refractivity contribution is -0.136. The topological polar surface area (TPSA) is 81.1 Å². The van der Waals surface area contributed by atoms with Crippen LogP contribution < -0.4 is 5.32 Å². The molecule has 1 aromatic heterocycles. The van der Waals surface area contributed by atoms with Crippen molar-refractivity contribution in [3.63, 3.8) is 0 Å². The molecule has 0 saturated carbocycles. The molecule has 2 aliphatic rings. The number of likely N-dealkylation sites (tertiary alicyclic amines) is 1. The van der Waals surface area contributed by atoms with E-state index in [4.69, 9.17) is 0 Å². The van der Waals surface area contributed by atoms with Gasteiger partial charge >= 0.3 is 0 Å². The highest BCUT2D eigenvalue weighted by Crippen LogP contribution is 2.30. The monoisotopic (exact) mass is 358 g/mol. The number of aromatic nitrogens is 1. The molecule has 1 N–H and O–H groups in total. The quantitative estimate of drug-likeness (QED) is 0.814. The summed E-state index contributed by atoms with van der Waals surface area (Å²) in [7, 11) is 5.65. The molecule has 0 bridgehead atoms. The van der Waals surface area contributed by atoms with Gasteiger partial charge in [-0.1, -0.05) is 0 Å². The normalized spacial score (nSPS) is 18.8. The second kappa shape index (κ2) is 7.41. The van der Waals surface area contributed by atoms with Crippen molar-refractivity contribution >= 4 is 17.8 Å². The van der Waals surface area contributed by atoms with Gasteiger partial charge < -0.3 is 9.80 Å². The third-order valence-corrected chi connectivity index (χ3v) is 4.94. The lowest BCUT2D eigenvalue weighted by Crippen LogP contribution is -2.52. The molecule has 0 atom stereocenters. The van der Waals surface area contributed by atoms with E-state index in [1.807, 2.05) is 43.1 Å². The largest absolute Gasteiger partial charge is 0.349 e. The molecule has 3 heterocycles. The highest BCUT2D eigenvalue weighted by atomic mass is 16.2. The van der Waals surface area contributed by atoms with Gasteiger partial charge in [-0.25, -0.2) is 4.99 Å². The molecule has 3 rings (SSSR count). The molecule has 0 radical (unpaired) electrons. The van der Waals surface area contributed by atoms with Gasteiger partial charge in [-0.15, -0.1) is 0 Å². The molecule has 0 aliphatic carbocycles. The van der Waals surface area contributed by atoms with Crippen LogP contribution in [-0.4, -0.2) is 83.8 Å². The van der Waals surface area contributed by atoms with Gasteiger partial charge in [0, 0.05) is 46.1 Å². The van der Waals surface area contributed by atoms with E-state index in [1.54, 1.807) is 17.3 Å². The second-order valence-electron chi connectivity index (χ2n) is 7.22. The van der Waals surface area contributed by atoms with E-state index < -0.39 is 5.54 Å². The maximum atomic E-state index is 12.6. The lowest BCUT2D eigenvalue weighted by Gasteiger charge is -2.36. The van der Waals surface area contributed by atoms with Gasteiger partial charge in [0.05, 0.1) is 6.54 Å². The van der Waals surface area contributed by atoms with Gasteiger partial charge in [0.1, 0.15) is 5.54 Å². The minimum atomic E-state index is -0.709. The van der Waals surface area contributed by atoms with Crippen LogP contribution in [0.2, 0.25) is 0 Å². The van der Waals surface area contributed by atoms with Crippen LogP contribution >= 0.6 is 0 Å². The Morgan fingerprint density at radius 2 is 1.88 bits per heavy atom. The SMILES string of the molecule is CN(CC(=O)N1CCC2(CC1)N=C(N(C)C)NC2=O)Cc1ccncc1. The van der Waals surface area contributed by atoms with Gasteiger partial charge in [0.25, 0.3) is 5.91 Å². The number of hydrogen-bond donors (Lipinski definition) is 1. The van der Waals surface area contributed by atoms with Crippen LogP contribution in [0.5, 0.6) is 0 Å². The molecule has 1 spiro atoms. The van der Waals surface area contributed by atoms with E-state index in [-0.39, 0.29) is 11.8 Å². The van der Waals surface area contributed by atoms with E-state index in [2.05, 4.69) is 15.3 Å². The molecule has 26 heavy (non-hydrogen) atoms. The summed E-state index contributed by atoms with van der Waals surface area (Å²) >= 11 is 0. The molecule has 8 heteroatoms. The van der Waals surface area contributed by atoms with Crippen LogP contribution in [0.4, 0.5) is 0 Å². The average Bonchev–Trinajstić information content (AvgIpc) is 2.93. The number of pyridine rings is 1. The fourth-order valence-electron chi connectivity index (χ4n) is 3.36. The molecule has 2 aliphatic heterocycles. The Balaban J connectivity index is 1.53. The van der Waals surface area contributed by atoms with Crippen LogP contribution in [-0.2, 0) is 16.1 Å². The number of aliphatic imine (C=N–C) groups is 1. The van der Waals surface area contributed by atoms with Crippen molar-refractivity contribution in [1.29, 1.82) is 0 Å². The molecule has 1 saturated heterocycles. The Bertz CT molecular complexity index is 695. The summed E-state index contributed by atoms with van der Waals surface area (Å²) in [5.41, 5.74) is 0.417. The molecule has 0 unspecified atom stereocenters. The number of nitrogens with one attached hydrogen (secondary N) is 1. The number of amides is 2. The van der Waals surface area contributed by atoms with E-state index in [0.717, 1.165) is 5.56 Å². The molecule has 2 amide bonds. The molecular formula is C18H26N6O2. The predicted molar refractivity (Wildman–Crippen MR) is 98.4 cm³/mol. The maximum absolute atomic E-state index is 12.6. The zero-order valence-corrected chi connectivity index (χ0v) is 15.6. The highest BCUT2D eigenvalue weighted by Gasteiger charge is 2.46. The number of piperidine rings is 1. The number of likely N-dealkylation sites (N-methyl/N-ethyl adjacent to an activating group) is 1. The van der Waals surface area contributed by atoms with E-state index >= 15 is 0 Å². The Kier molecular flexibility index (Phi) is 5.22. The Morgan fingerprint density at radius 3 is 2.46 bits per heavy atom. The summed E-state index contributed by atoms with van der Waals surface area (Å²) in [4.78, 5) is 39.2. The van der Waals surface area contributed by atoms with Gasteiger partial charge in [-0.05, 0) is 37.6 Å². The fraction of sp³-hybridized carbons (Fsp3) is 0.556. The lowest BCUT2D eigenvalue weighted by atomic mass is 9.88. The van der Waals surface area contributed by atoms with Crippen molar-refractivity contribution in [1.82, 2.24) is 25.0 Å². The summed E-state index contributed by atoms with van der Waals surface area (Å²) in [6.07, 6.45) is 4.64. The first-order chi connectivity index (χ1) is 12.4. The standard InChI is InChI=1S/C18H26N6O2/c1-22(2)17-20-16(26)18(21-17)6-10-24(11-7-18)15(25)13-23(3)12-14-4-8-19-9-5-14/h4-5,8-9H,6-7,10-13H2,1-3H3,(H,20,21,26). The first-order valence-corrected chi connectivity index (χ1v) is 8.83. The van der Waals surface area contributed by atoms with Crippen LogP contribution in [0.15, 0.2) is 29.5 Å². The smallest absolute Gasteiger partial charge is 0.254 e. The van der Waals surface area contributed by atoms with Gasteiger partial charge in [0.15, 0.2) is 0 Å². The van der Waals surface area contributed by atoms with E-state index in [0.29, 0.717) is 45.0 Å². The first kappa shape index (κ1) is 18.3. The maximum Gasteiger partial charge on any atom is 0.254 e. The number of carbonyl (C=O) groups excluding carboxylic acids is 2. The molecule has 1 fully saturated rings. The van der Waals surface area contributed by atoms with Crippen molar-refractivity contribution < 1.29 is 9.59 Å². The summed E-state index contributed by atoms with van der Waals surface area (Å²) in [6.45, 7) is 2.16. The Labute approximate surface area is 153 Å².